The first-order valence-corrected chi connectivity index (χ1v) is 7.20. The zero-order valence-electron chi connectivity index (χ0n) is 12.5. The largest absolute Gasteiger partial charge is 0.484 e. The highest BCUT2D eigenvalue weighted by molar-refractivity contribution is 5.94. The molecule has 1 aromatic rings. The fourth-order valence-corrected chi connectivity index (χ4v) is 2.38. The van der Waals surface area contributed by atoms with E-state index in [0.29, 0.717) is 25.1 Å². The Morgan fingerprint density at radius 3 is 2.61 bits per heavy atom. The molecule has 1 heterocycles. The number of aliphatic carboxylic acids is 1. The van der Waals surface area contributed by atoms with Crippen molar-refractivity contribution in [2.45, 2.75) is 18.9 Å². The lowest BCUT2D eigenvalue weighted by Crippen LogP contribution is -2.39. The van der Waals surface area contributed by atoms with E-state index >= 15 is 0 Å². The predicted octanol–water partition coefficient (Wildman–Crippen LogP) is 0.639. The first-order valence-electron chi connectivity index (χ1n) is 7.20. The number of nitrogens with two attached hydrogens (primary N) is 1. The summed E-state index contributed by atoms with van der Waals surface area (Å²) in [6, 6.07) is 6.01. The number of amides is 2. The van der Waals surface area contributed by atoms with Crippen LogP contribution in [-0.4, -0.2) is 47.0 Å². The van der Waals surface area contributed by atoms with Gasteiger partial charge in [0.1, 0.15) is 11.8 Å². The molecule has 1 aromatic carbocycles. The van der Waals surface area contributed by atoms with Crippen molar-refractivity contribution in [2.24, 2.45) is 5.73 Å². The summed E-state index contributed by atoms with van der Waals surface area (Å²) in [4.78, 5) is 35.1. The third kappa shape index (κ3) is 4.57. The predicted molar refractivity (Wildman–Crippen MR) is 82.5 cm³/mol. The zero-order chi connectivity index (χ0) is 16.8. The van der Waals surface area contributed by atoms with Gasteiger partial charge in [0.2, 0.25) is 5.91 Å². The molecule has 7 heteroatoms. The lowest BCUT2D eigenvalue weighted by Gasteiger charge is -2.19. The van der Waals surface area contributed by atoms with Crippen LogP contribution in [0.4, 0.5) is 0 Å². The smallest absolute Gasteiger partial charge is 0.326 e. The second-order valence-corrected chi connectivity index (χ2v) is 5.19. The molecule has 1 aliphatic heterocycles. The van der Waals surface area contributed by atoms with Gasteiger partial charge in [-0.2, -0.15) is 0 Å². The number of carboxylic acid groups (broad SMARTS) is 1. The Bertz CT molecular complexity index is 624. The van der Waals surface area contributed by atoms with Gasteiger partial charge in [0.15, 0.2) is 6.61 Å². The van der Waals surface area contributed by atoms with Crippen LogP contribution in [0.15, 0.2) is 30.3 Å². The van der Waals surface area contributed by atoms with Gasteiger partial charge >= 0.3 is 5.97 Å². The number of rotatable bonds is 6. The van der Waals surface area contributed by atoms with Gasteiger partial charge in [0.25, 0.3) is 5.91 Å². The van der Waals surface area contributed by atoms with Crippen LogP contribution in [0.25, 0.3) is 6.08 Å². The average molecular weight is 318 g/mol. The molecule has 1 fully saturated rings. The molecule has 1 aliphatic rings. The molecule has 0 aromatic heterocycles. The van der Waals surface area contributed by atoms with Crippen LogP contribution < -0.4 is 10.5 Å². The van der Waals surface area contributed by atoms with E-state index in [9.17, 15) is 14.4 Å². The summed E-state index contributed by atoms with van der Waals surface area (Å²) in [5.41, 5.74) is 5.74. The number of hydrogen-bond donors (Lipinski definition) is 2. The van der Waals surface area contributed by atoms with Crippen LogP contribution in [0.3, 0.4) is 0 Å². The monoisotopic (exact) mass is 318 g/mol. The normalized spacial score (nSPS) is 17.4. The second kappa shape index (κ2) is 7.44. The molecule has 0 aliphatic carbocycles. The highest BCUT2D eigenvalue weighted by Gasteiger charge is 2.32. The van der Waals surface area contributed by atoms with E-state index in [2.05, 4.69) is 0 Å². The highest BCUT2D eigenvalue weighted by atomic mass is 16.5. The molecular formula is C16H18N2O5. The standard InChI is InChI=1S/C16H18N2O5/c17-14(19)10-23-12-6-3-11(4-7-12)5-8-15(20)18-9-1-2-13(18)16(21)22/h3-8,13H,1-2,9-10H2,(H2,17,19)(H,21,22)/b8-5+. The number of likely N-dealkylation sites (tertiary alicyclic amines) is 1. The Hall–Kier alpha value is -2.83. The maximum atomic E-state index is 12.1. The molecule has 2 rings (SSSR count). The Balaban J connectivity index is 1.95. The van der Waals surface area contributed by atoms with Gasteiger partial charge in [-0.1, -0.05) is 12.1 Å². The van der Waals surface area contributed by atoms with Gasteiger partial charge in [-0.3, -0.25) is 9.59 Å². The number of hydrogen-bond acceptors (Lipinski definition) is 4. The third-order valence-corrected chi connectivity index (χ3v) is 3.50. The summed E-state index contributed by atoms with van der Waals surface area (Å²) in [6.07, 6.45) is 4.15. The van der Waals surface area contributed by atoms with E-state index < -0.39 is 17.9 Å². The molecule has 1 saturated heterocycles. The van der Waals surface area contributed by atoms with Crippen molar-refractivity contribution in [3.05, 3.63) is 35.9 Å². The van der Waals surface area contributed by atoms with Gasteiger partial charge in [-0.15, -0.1) is 0 Å². The molecule has 2 amide bonds. The van der Waals surface area contributed by atoms with Gasteiger partial charge < -0.3 is 20.5 Å². The molecule has 122 valence electrons. The highest BCUT2D eigenvalue weighted by Crippen LogP contribution is 2.18. The van der Waals surface area contributed by atoms with Gasteiger partial charge in [-0.25, -0.2) is 4.79 Å². The van der Waals surface area contributed by atoms with E-state index in [4.69, 9.17) is 15.6 Å². The lowest BCUT2D eigenvalue weighted by atomic mass is 10.2. The number of carboxylic acids is 1. The van der Waals surface area contributed by atoms with Gasteiger partial charge in [0.05, 0.1) is 0 Å². The van der Waals surface area contributed by atoms with Gasteiger partial charge in [-0.05, 0) is 36.6 Å². The summed E-state index contributed by atoms with van der Waals surface area (Å²) in [6.45, 7) is 0.263. The minimum absolute atomic E-state index is 0.195. The molecule has 0 radical (unpaired) electrons. The first kappa shape index (κ1) is 16.5. The maximum absolute atomic E-state index is 12.1. The molecule has 1 atom stereocenters. The number of ether oxygens (including phenoxy) is 1. The van der Waals surface area contributed by atoms with E-state index in [0.717, 1.165) is 5.56 Å². The summed E-state index contributed by atoms with van der Waals surface area (Å²) in [5, 5.41) is 9.07. The van der Waals surface area contributed by atoms with Crippen LogP contribution >= 0.6 is 0 Å². The van der Waals surface area contributed by atoms with E-state index in [1.807, 2.05) is 0 Å². The van der Waals surface area contributed by atoms with E-state index in [1.165, 1.54) is 11.0 Å². The average Bonchev–Trinajstić information content (AvgIpc) is 3.01. The summed E-state index contributed by atoms with van der Waals surface area (Å²) >= 11 is 0. The van der Waals surface area contributed by atoms with Crippen molar-refractivity contribution >= 4 is 23.9 Å². The Morgan fingerprint density at radius 1 is 1.30 bits per heavy atom. The Labute approximate surface area is 133 Å². The van der Waals surface area contributed by atoms with E-state index in [1.54, 1.807) is 30.3 Å². The van der Waals surface area contributed by atoms with Crippen LogP contribution in [0.1, 0.15) is 18.4 Å². The van der Waals surface area contributed by atoms with E-state index in [-0.39, 0.29) is 12.5 Å². The SMILES string of the molecule is NC(=O)COc1ccc(/C=C/C(=O)N2CCCC2C(=O)O)cc1. The minimum atomic E-state index is -0.972. The Morgan fingerprint density at radius 2 is 2.00 bits per heavy atom. The minimum Gasteiger partial charge on any atom is -0.484 e. The summed E-state index contributed by atoms with van der Waals surface area (Å²) < 4.78 is 5.13. The van der Waals surface area contributed by atoms with Crippen molar-refractivity contribution in [1.82, 2.24) is 4.90 Å². The fraction of sp³-hybridized carbons (Fsp3) is 0.312. The number of benzene rings is 1. The molecule has 7 nitrogen and oxygen atoms in total. The topological polar surface area (TPSA) is 110 Å². The maximum Gasteiger partial charge on any atom is 0.326 e. The van der Waals surface area contributed by atoms with Gasteiger partial charge in [0, 0.05) is 12.6 Å². The number of carbonyl (C=O) groups excluding carboxylic acids is 2. The summed E-state index contributed by atoms with van der Waals surface area (Å²) in [7, 11) is 0. The number of primary amides is 1. The number of carbonyl (C=O) groups is 3. The molecule has 0 saturated carbocycles. The quantitative estimate of drug-likeness (QED) is 0.748. The zero-order valence-corrected chi connectivity index (χ0v) is 12.5. The van der Waals surface area contributed by atoms with Crippen LogP contribution in [0, 0.1) is 0 Å². The lowest BCUT2D eigenvalue weighted by molar-refractivity contribution is -0.146. The molecule has 23 heavy (non-hydrogen) atoms. The van der Waals surface area contributed by atoms with Crippen molar-refractivity contribution in [1.29, 1.82) is 0 Å². The first-order chi connectivity index (χ1) is 11.0. The van der Waals surface area contributed by atoms with Crippen molar-refractivity contribution in [3.8, 4) is 5.75 Å². The fourth-order valence-electron chi connectivity index (χ4n) is 2.38. The second-order valence-electron chi connectivity index (χ2n) is 5.19. The summed E-state index contributed by atoms with van der Waals surface area (Å²) in [5.74, 6) is -1.35. The van der Waals surface area contributed by atoms with Crippen LogP contribution in [0.5, 0.6) is 5.75 Å². The van der Waals surface area contributed by atoms with Crippen molar-refractivity contribution in [3.63, 3.8) is 0 Å². The van der Waals surface area contributed by atoms with Crippen molar-refractivity contribution in [2.75, 3.05) is 13.2 Å². The number of nitrogens with zero attached hydrogens (tertiary/aromatic N) is 1. The van der Waals surface area contributed by atoms with Crippen LogP contribution in [0.2, 0.25) is 0 Å². The van der Waals surface area contributed by atoms with Crippen LogP contribution in [-0.2, 0) is 14.4 Å². The molecule has 1 unspecified atom stereocenters. The third-order valence-electron chi connectivity index (χ3n) is 3.50. The van der Waals surface area contributed by atoms with Crippen molar-refractivity contribution < 1.29 is 24.2 Å². The molecule has 0 bridgehead atoms. The molecule has 3 N–H and O–H groups in total. The molecule has 0 spiro atoms. The Kier molecular flexibility index (Phi) is 5.35. The molecular weight excluding hydrogens is 300 g/mol.